The highest BCUT2D eigenvalue weighted by molar-refractivity contribution is 6.42. The fourth-order valence-electron chi connectivity index (χ4n) is 4.07. The van der Waals surface area contributed by atoms with Crippen LogP contribution in [0.5, 0.6) is 0 Å². The second kappa shape index (κ2) is 10.4. The average Bonchev–Trinajstić information content (AvgIpc) is 3.18. The van der Waals surface area contributed by atoms with Crippen LogP contribution in [0.3, 0.4) is 0 Å². The number of Topliss-reactive ketones (excluding diaryl/α,β-unsaturated/α-hetero) is 1. The van der Waals surface area contributed by atoms with Gasteiger partial charge >= 0.3 is 5.97 Å². The highest BCUT2D eigenvalue weighted by Gasteiger charge is 2.38. The lowest BCUT2D eigenvalue weighted by molar-refractivity contribution is 0.0280. The minimum Gasteiger partial charge on any atom is -0.445 e. The number of ether oxygens (including phenoxy) is 1. The van der Waals surface area contributed by atoms with Crippen LogP contribution in [0.15, 0.2) is 91.0 Å². The van der Waals surface area contributed by atoms with Gasteiger partial charge in [0.15, 0.2) is 6.10 Å². The van der Waals surface area contributed by atoms with Crippen LogP contribution in [0, 0.1) is 0 Å². The van der Waals surface area contributed by atoms with Crippen molar-refractivity contribution in [1.82, 2.24) is 0 Å². The first kappa shape index (κ1) is 25.7. The van der Waals surface area contributed by atoms with E-state index in [0.29, 0.717) is 16.1 Å². The standard InChI is InChI=1S/C29H16Cl3NO5/c30-19-9-6-17(7-10-19)26(25(34)16-4-2-1-3-5-16)38-29(37)18-8-12-21-22(14-18)28(36)33(27(21)35)20-11-13-23(31)24(32)15-20/h1-15,26H/t26-/m0/s1. The van der Waals surface area contributed by atoms with E-state index in [0.717, 1.165) is 4.90 Å². The molecule has 0 radical (unpaired) electrons. The fraction of sp³-hybridized carbons (Fsp3) is 0.0345. The predicted octanol–water partition coefficient (Wildman–Crippen LogP) is 7.23. The van der Waals surface area contributed by atoms with E-state index < -0.39 is 29.7 Å². The summed E-state index contributed by atoms with van der Waals surface area (Å²) < 4.78 is 5.67. The number of anilines is 1. The van der Waals surface area contributed by atoms with E-state index in [1.807, 2.05) is 0 Å². The lowest BCUT2D eigenvalue weighted by Gasteiger charge is -2.18. The largest absolute Gasteiger partial charge is 0.445 e. The lowest BCUT2D eigenvalue weighted by Crippen LogP contribution is -2.29. The summed E-state index contributed by atoms with van der Waals surface area (Å²) in [6, 6.07) is 23.2. The number of carbonyl (C=O) groups excluding carboxylic acids is 4. The van der Waals surface area contributed by atoms with Gasteiger partial charge in [0.2, 0.25) is 5.78 Å². The van der Waals surface area contributed by atoms with Crippen LogP contribution in [0.2, 0.25) is 15.1 Å². The third-order valence-electron chi connectivity index (χ3n) is 5.98. The number of hydrogen-bond donors (Lipinski definition) is 0. The van der Waals surface area contributed by atoms with E-state index in [9.17, 15) is 19.2 Å². The van der Waals surface area contributed by atoms with Gasteiger partial charge in [0, 0.05) is 16.1 Å². The quantitative estimate of drug-likeness (QED) is 0.140. The topological polar surface area (TPSA) is 80.8 Å². The van der Waals surface area contributed by atoms with Gasteiger partial charge in [0.1, 0.15) is 0 Å². The average molecular weight is 565 g/mol. The molecule has 1 aliphatic heterocycles. The molecule has 0 N–H and O–H groups in total. The predicted molar refractivity (Wildman–Crippen MR) is 144 cm³/mol. The van der Waals surface area contributed by atoms with E-state index in [-0.39, 0.29) is 32.4 Å². The van der Waals surface area contributed by atoms with Gasteiger partial charge in [-0.3, -0.25) is 14.4 Å². The number of rotatable bonds is 6. The van der Waals surface area contributed by atoms with E-state index >= 15 is 0 Å². The molecule has 2 amide bonds. The molecular formula is C29H16Cl3NO5. The maximum Gasteiger partial charge on any atom is 0.339 e. The minimum atomic E-state index is -1.26. The molecule has 4 aromatic carbocycles. The van der Waals surface area contributed by atoms with E-state index in [4.69, 9.17) is 39.5 Å². The van der Waals surface area contributed by atoms with Gasteiger partial charge in [-0.25, -0.2) is 9.69 Å². The van der Waals surface area contributed by atoms with Crippen molar-refractivity contribution in [3.63, 3.8) is 0 Å². The van der Waals surface area contributed by atoms with Crippen LogP contribution < -0.4 is 4.90 Å². The zero-order chi connectivity index (χ0) is 27.0. The molecule has 0 bridgehead atoms. The molecule has 0 fully saturated rings. The molecule has 0 saturated carbocycles. The number of amides is 2. The van der Waals surface area contributed by atoms with Gasteiger partial charge in [-0.2, -0.15) is 0 Å². The third kappa shape index (κ3) is 4.82. The molecule has 0 saturated heterocycles. The lowest BCUT2D eigenvalue weighted by atomic mass is 9.99. The molecule has 1 atom stereocenters. The number of hydrogen-bond acceptors (Lipinski definition) is 5. The Balaban J connectivity index is 1.45. The van der Waals surface area contributed by atoms with Crippen molar-refractivity contribution in [2.24, 2.45) is 0 Å². The second-order valence-corrected chi connectivity index (χ2v) is 9.62. The van der Waals surface area contributed by atoms with Crippen LogP contribution in [0.25, 0.3) is 0 Å². The van der Waals surface area contributed by atoms with Crippen LogP contribution >= 0.6 is 34.8 Å². The molecule has 0 spiro atoms. The number of esters is 1. The monoisotopic (exact) mass is 563 g/mol. The Morgan fingerprint density at radius 3 is 2.05 bits per heavy atom. The van der Waals surface area contributed by atoms with E-state index in [1.54, 1.807) is 54.6 Å². The summed E-state index contributed by atoms with van der Waals surface area (Å²) >= 11 is 18.0. The van der Waals surface area contributed by atoms with Crippen molar-refractivity contribution in [3.8, 4) is 0 Å². The Morgan fingerprint density at radius 2 is 1.37 bits per heavy atom. The van der Waals surface area contributed by atoms with Crippen molar-refractivity contribution < 1.29 is 23.9 Å². The molecule has 6 nitrogen and oxygen atoms in total. The number of ketones is 1. The smallest absolute Gasteiger partial charge is 0.339 e. The molecule has 5 rings (SSSR count). The molecule has 38 heavy (non-hydrogen) atoms. The van der Waals surface area contributed by atoms with Crippen LogP contribution in [0.1, 0.15) is 53.1 Å². The number of benzene rings is 4. The van der Waals surface area contributed by atoms with E-state index in [2.05, 4.69) is 0 Å². The molecule has 0 aromatic heterocycles. The summed E-state index contributed by atoms with van der Waals surface area (Å²) in [7, 11) is 0. The SMILES string of the molecule is O=C(O[C@H](C(=O)c1ccccc1)c1ccc(Cl)cc1)c1ccc2c(c1)C(=O)N(c1ccc(Cl)c(Cl)c1)C2=O. The zero-order valence-electron chi connectivity index (χ0n) is 19.4. The summed E-state index contributed by atoms with van der Waals surface area (Å²) in [5.74, 6) is -2.47. The molecule has 188 valence electrons. The van der Waals surface area contributed by atoms with Crippen LogP contribution in [-0.2, 0) is 4.74 Å². The number of fused-ring (bicyclic) bond motifs is 1. The third-order valence-corrected chi connectivity index (χ3v) is 6.97. The zero-order valence-corrected chi connectivity index (χ0v) is 21.6. The minimum absolute atomic E-state index is 0.000661. The van der Waals surface area contributed by atoms with Gasteiger partial charge in [0.25, 0.3) is 11.8 Å². The van der Waals surface area contributed by atoms with Gasteiger partial charge in [-0.15, -0.1) is 0 Å². The molecule has 1 aliphatic rings. The first-order valence-corrected chi connectivity index (χ1v) is 12.4. The number of nitrogens with zero attached hydrogens (tertiary/aromatic N) is 1. The Bertz CT molecular complexity index is 1600. The van der Waals surface area contributed by atoms with Crippen molar-refractivity contribution >= 4 is 64.1 Å². The molecule has 0 unspecified atom stereocenters. The van der Waals surface area contributed by atoms with Gasteiger partial charge in [-0.1, -0.05) is 77.3 Å². The summed E-state index contributed by atoms with van der Waals surface area (Å²) in [6.07, 6.45) is -1.26. The fourth-order valence-corrected chi connectivity index (χ4v) is 4.48. The summed E-state index contributed by atoms with van der Waals surface area (Å²) in [5.41, 5.74) is 1.16. The first-order chi connectivity index (χ1) is 18.2. The molecule has 0 aliphatic carbocycles. The van der Waals surface area contributed by atoms with E-state index in [1.165, 1.54) is 36.4 Å². The maximum absolute atomic E-state index is 13.3. The van der Waals surface area contributed by atoms with Crippen LogP contribution in [0.4, 0.5) is 5.69 Å². The van der Waals surface area contributed by atoms with Gasteiger partial charge in [0.05, 0.1) is 32.4 Å². The first-order valence-electron chi connectivity index (χ1n) is 11.3. The van der Waals surface area contributed by atoms with Gasteiger partial charge in [-0.05, 0) is 48.5 Å². The van der Waals surface area contributed by atoms with Crippen molar-refractivity contribution in [2.45, 2.75) is 6.10 Å². The Hall–Kier alpha value is -3.97. The molecular weight excluding hydrogens is 549 g/mol. The van der Waals surface area contributed by atoms with Gasteiger partial charge < -0.3 is 4.74 Å². The Kier molecular flexibility index (Phi) is 7.04. The molecule has 1 heterocycles. The van der Waals surface area contributed by atoms with Crippen molar-refractivity contribution in [2.75, 3.05) is 4.90 Å². The number of carbonyl (C=O) groups is 4. The van der Waals surface area contributed by atoms with Crippen LogP contribution in [-0.4, -0.2) is 23.6 Å². The second-order valence-electron chi connectivity index (χ2n) is 8.37. The highest BCUT2D eigenvalue weighted by atomic mass is 35.5. The van der Waals surface area contributed by atoms with Crippen molar-refractivity contribution in [1.29, 1.82) is 0 Å². The highest BCUT2D eigenvalue weighted by Crippen LogP contribution is 2.33. The normalized spacial score (nSPS) is 13.3. The number of imide groups is 1. The molecule has 4 aromatic rings. The summed E-state index contributed by atoms with van der Waals surface area (Å²) in [4.78, 5) is 53.6. The van der Waals surface area contributed by atoms with Crippen molar-refractivity contribution in [3.05, 3.63) is 134 Å². The maximum atomic E-state index is 13.3. The summed E-state index contributed by atoms with van der Waals surface area (Å²) in [6.45, 7) is 0. The molecule has 9 heteroatoms. The Morgan fingerprint density at radius 1 is 0.684 bits per heavy atom. The number of halogens is 3. The summed E-state index contributed by atoms with van der Waals surface area (Å²) in [5, 5.41) is 0.915. The Labute approximate surface area is 232 Å².